The predicted molar refractivity (Wildman–Crippen MR) is 245 cm³/mol. The molecular formula is C50H92N2O6+2. The number of allylic oxidation sites excluding steroid dienone is 8. The molecule has 1 unspecified atom stereocenters. The first-order valence-corrected chi connectivity index (χ1v) is 23.5. The summed E-state index contributed by atoms with van der Waals surface area (Å²) in [7, 11) is 12.0. The number of quaternary nitrogens is 2. The van der Waals surface area contributed by atoms with Crippen LogP contribution in [0.5, 0.6) is 0 Å². The molecular weight excluding hydrogens is 725 g/mol. The van der Waals surface area contributed by atoms with Crippen molar-refractivity contribution < 1.29 is 37.9 Å². The second-order valence-electron chi connectivity index (χ2n) is 18.8. The molecule has 0 saturated carbocycles. The molecule has 2 atom stereocenters. The number of esters is 2. The van der Waals surface area contributed by atoms with E-state index < -0.39 is 23.6 Å². The van der Waals surface area contributed by atoms with Crippen molar-refractivity contribution in [3.8, 4) is 0 Å². The molecule has 58 heavy (non-hydrogen) atoms. The summed E-state index contributed by atoms with van der Waals surface area (Å²) in [5.41, 5.74) is -1.14. The lowest BCUT2D eigenvalue weighted by Crippen LogP contribution is -2.53. The number of carboxylic acids is 1. The number of hydrogen-bond acceptors (Lipinski definition) is 5. The summed E-state index contributed by atoms with van der Waals surface area (Å²) in [6, 6.07) is 0. The first-order valence-electron chi connectivity index (χ1n) is 23.5. The number of hydrogen-bond donors (Lipinski definition) is 1. The maximum Gasteiger partial charge on any atom is 0.310 e. The van der Waals surface area contributed by atoms with E-state index in [1.165, 1.54) is 64.2 Å². The molecule has 0 fully saturated rings. The summed E-state index contributed by atoms with van der Waals surface area (Å²) < 4.78 is 13.1. The van der Waals surface area contributed by atoms with E-state index in [1.54, 1.807) is 0 Å². The third-order valence-electron chi connectivity index (χ3n) is 10.2. The molecule has 0 rings (SSSR count). The molecule has 8 heteroatoms. The minimum Gasteiger partial charge on any atom is -0.481 e. The van der Waals surface area contributed by atoms with E-state index in [4.69, 9.17) is 9.47 Å². The molecule has 0 bridgehead atoms. The van der Waals surface area contributed by atoms with Crippen LogP contribution in [0, 0.1) is 0 Å². The molecule has 0 radical (unpaired) electrons. The standard InChI is InChI=1S/C50H91N2O6/c1-9-11-13-15-17-19-21-23-25-27-29-31-33-35-37-39-41-50(43-47(53)54,45-52(6,7)8)58-49(56)42-46(44-51(3,4)5)57-48(55)40-38-36-34-32-30-28-26-24-22-20-18-16-14-12-10-2/h17-20,23-26,46H,9-16,21-22,27-45H2,1-8H3/q+1/p+1/b19-17-,20-18-,25-23-,26-24-/t46-,50?/m1/s1. The molecule has 1 N–H and O–H groups in total. The maximum atomic E-state index is 13.6. The third kappa shape index (κ3) is 37.6. The van der Waals surface area contributed by atoms with E-state index in [-0.39, 0.29) is 18.8 Å². The summed E-state index contributed by atoms with van der Waals surface area (Å²) in [6.07, 6.45) is 43.8. The van der Waals surface area contributed by atoms with Crippen LogP contribution in [-0.4, -0.2) is 99.1 Å². The molecule has 0 aliphatic carbocycles. The lowest BCUT2D eigenvalue weighted by molar-refractivity contribution is -0.876. The monoisotopic (exact) mass is 817 g/mol. The Bertz CT molecular complexity index is 1160. The fourth-order valence-corrected chi connectivity index (χ4v) is 7.47. The third-order valence-corrected chi connectivity index (χ3v) is 10.2. The van der Waals surface area contributed by atoms with Gasteiger partial charge in [0.25, 0.3) is 0 Å². The Kier molecular flexibility index (Phi) is 33.4. The van der Waals surface area contributed by atoms with Crippen LogP contribution in [0.2, 0.25) is 0 Å². The Hall–Kier alpha value is -2.71. The van der Waals surface area contributed by atoms with Gasteiger partial charge in [0.05, 0.1) is 55.1 Å². The molecule has 0 aromatic carbocycles. The molecule has 0 spiro atoms. The van der Waals surface area contributed by atoms with E-state index in [0.29, 0.717) is 34.9 Å². The van der Waals surface area contributed by atoms with Crippen molar-refractivity contribution in [2.24, 2.45) is 0 Å². The summed E-state index contributed by atoms with van der Waals surface area (Å²) in [4.78, 5) is 38.8. The second kappa shape index (κ2) is 35.1. The molecule has 0 aliphatic heterocycles. The molecule has 0 saturated heterocycles. The van der Waals surface area contributed by atoms with Gasteiger partial charge in [-0.25, -0.2) is 0 Å². The number of nitrogens with zero attached hydrogens (tertiary/aromatic N) is 2. The zero-order valence-corrected chi connectivity index (χ0v) is 39.1. The van der Waals surface area contributed by atoms with E-state index in [0.717, 1.165) is 83.5 Å². The number of rotatable bonds is 39. The average Bonchev–Trinajstić information content (AvgIpc) is 3.11. The van der Waals surface area contributed by atoms with Crippen molar-refractivity contribution in [2.45, 2.75) is 199 Å². The number of unbranched alkanes of at least 4 members (excludes halogenated alkanes) is 17. The normalized spacial score (nSPS) is 14.2. The maximum absolute atomic E-state index is 13.6. The van der Waals surface area contributed by atoms with Crippen molar-refractivity contribution in [3.05, 3.63) is 48.6 Å². The lowest BCUT2D eigenvalue weighted by Gasteiger charge is -2.38. The summed E-state index contributed by atoms with van der Waals surface area (Å²) in [6.45, 7) is 5.31. The Labute approximate surface area is 357 Å². The van der Waals surface area contributed by atoms with Gasteiger partial charge in [-0.2, -0.15) is 0 Å². The van der Waals surface area contributed by atoms with Gasteiger partial charge in [-0.15, -0.1) is 0 Å². The molecule has 0 heterocycles. The van der Waals surface area contributed by atoms with Crippen LogP contribution in [-0.2, 0) is 23.9 Å². The van der Waals surface area contributed by atoms with E-state index in [2.05, 4.69) is 62.5 Å². The number of ether oxygens (including phenoxy) is 2. The minimum absolute atomic E-state index is 0.0916. The SMILES string of the molecule is CCCCC/C=C\C/C=C\CCCCCCCCC(CC(=O)O)(C[N+](C)(C)C)OC(=O)C[C@H](C[N+](C)(C)C)OC(=O)CCCCCCC/C=C\C/C=C\CCCCC. The van der Waals surface area contributed by atoms with Crippen molar-refractivity contribution in [2.75, 3.05) is 55.4 Å². The summed E-state index contributed by atoms with van der Waals surface area (Å²) in [5.74, 6) is -1.77. The van der Waals surface area contributed by atoms with Crippen LogP contribution < -0.4 is 0 Å². The van der Waals surface area contributed by atoms with Crippen LogP contribution >= 0.6 is 0 Å². The van der Waals surface area contributed by atoms with E-state index in [1.807, 2.05) is 42.3 Å². The molecule has 0 amide bonds. The number of likely N-dealkylation sites (N-methyl/N-ethyl adjacent to an activating group) is 2. The zero-order valence-electron chi connectivity index (χ0n) is 39.1. The number of carboxylic acid groups (broad SMARTS) is 1. The highest BCUT2D eigenvalue weighted by molar-refractivity contribution is 5.74. The van der Waals surface area contributed by atoms with E-state index in [9.17, 15) is 19.5 Å². The molecule has 8 nitrogen and oxygen atoms in total. The van der Waals surface area contributed by atoms with Gasteiger partial charge in [-0.05, 0) is 83.5 Å². The van der Waals surface area contributed by atoms with Crippen LogP contribution in [0.15, 0.2) is 48.6 Å². The zero-order chi connectivity index (χ0) is 43.4. The second-order valence-corrected chi connectivity index (χ2v) is 18.8. The van der Waals surface area contributed by atoms with Gasteiger partial charge in [0.1, 0.15) is 13.1 Å². The first-order chi connectivity index (χ1) is 27.6. The van der Waals surface area contributed by atoms with Gasteiger partial charge < -0.3 is 23.5 Å². The Balaban J connectivity index is 4.92. The topological polar surface area (TPSA) is 89.9 Å². The summed E-state index contributed by atoms with van der Waals surface area (Å²) in [5, 5.41) is 9.99. The van der Waals surface area contributed by atoms with Gasteiger partial charge >= 0.3 is 17.9 Å². The fraction of sp³-hybridized carbons (Fsp3) is 0.780. The van der Waals surface area contributed by atoms with Gasteiger partial charge in [-0.1, -0.05) is 133 Å². The van der Waals surface area contributed by atoms with Crippen LogP contribution in [0.3, 0.4) is 0 Å². The van der Waals surface area contributed by atoms with Crippen molar-refractivity contribution in [1.82, 2.24) is 0 Å². The largest absolute Gasteiger partial charge is 0.481 e. The number of aliphatic carboxylic acids is 1. The molecule has 0 aromatic heterocycles. The highest BCUT2D eigenvalue weighted by atomic mass is 16.6. The van der Waals surface area contributed by atoms with Gasteiger partial charge in [0, 0.05) is 6.42 Å². The Morgan fingerprint density at radius 2 is 0.983 bits per heavy atom. The van der Waals surface area contributed by atoms with Crippen molar-refractivity contribution >= 4 is 17.9 Å². The molecule has 336 valence electrons. The highest BCUT2D eigenvalue weighted by Crippen LogP contribution is 2.29. The van der Waals surface area contributed by atoms with E-state index >= 15 is 0 Å². The van der Waals surface area contributed by atoms with Crippen molar-refractivity contribution in [1.29, 1.82) is 0 Å². The molecule has 0 aliphatic rings. The smallest absolute Gasteiger partial charge is 0.310 e. The van der Waals surface area contributed by atoms with Crippen molar-refractivity contribution in [3.63, 3.8) is 0 Å². The lowest BCUT2D eigenvalue weighted by atomic mass is 9.90. The Morgan fingerprint density at radius 1 is 0.552 bits per heavy atom. The van der Waals surface area contributed by atoms with Crippen LogP contribution in [0.25, 0.3) is 0 Å². The quantitative estimate of drug-likeness (QED) is 0.0288. The van der Waals surface area contributed by atoms with Gasteiger partial charge in [-0.3, -0.25) is 14.4 Å². The predicted octanol–water partition coefficient (Wildman–Crippen LogP) is 12.5. The number of carbonyl (C=O) groups is 3. The fourth-order valence-electron chi connectivity index (χ4n) is 7.47. The van der Waals surface area contributed by atoms with Gasteiger partial charge in [0.2, 0.25) is 0 Å². The molecule has 0 aromatic rings. The van der Waals surface area contributed by atoms with Gasteiger partial charge in [0.15, 0.2) is 11.7 Å². The minimum atomic E-state index is -1.14. The first kappa shape index (κ1) is 55.3. The summed E-state index contributed by atoms with van der Waals surface area (Å²) >= 11 is 0. The number of carbonyl (C=O) groups excluding carboxylic acids is 2. The van der Waals surface area contributed by atoms with Crippen LogP contribution in [0.4, 0.5) is 0 Å². The highest BCUT2D eigenvalue weighted by Gasteiger charge is 2.42. The average molecular weight is 817 g/mol. The van der Waals surface area contributed by atoms with Crippen LogP contribution in [0.1, 0.15) is 187 Å². The Morgan fingerprint density at radius 3 is 1.41 bits per heavy atom.